The molecule has 0 unspecified atom stereocenters. The van der Waals surface area contributed by atoms with Crippen molar-refractivity contribution >= 4 is 11.9 Å². The molecule has 1 atom stereocenters. The molecule has 1 aliphatic rings. The molecule has 20 heavy (non-hydrogen) atoms. The van der Waals surface area contributed by atoms with Crippen molar-refractivity contribution < 1.29 is 14.3 Å². The lowest BCUT2D eigenvalue weighted by Crippen LogP contribution is -2.40. The van der Waals surface area contributed by atoms with Crippen LogP contribution in [0.4, 0.5) is 0 Å². The molecule has 0 bridgehead atoms. The van der Waals surface area contributed by atoms with Gasteiger partial charge in [-0.25, -0.2) is 4.79 Å². The number of nitrogens with one attached hydrogen (secondary N) is 1. The SMILES string of the molecule is Cc1ccc(C(=O)O[C@@H](C)C(=O)NC2CCCC2)cn1. The van der Waals surface area contributed by atoms with Gasteiger partial charge < -0.3 is 10.1 Å². The van der Waals surface area contributed by atoms with Gasteiger partial charge in [-0.2, -0.15) is 0 Å². The molecule has 1 saturated carbocycles. The van der Waals surface area contributed by atoms with E-state index < -0.39 is 12.1 Å². The monoisotopic (exact) mass is 276 g/mol. The van der Waals surface area contributed by atoms with E-state index in [0.717, 1.165) is 31.4 Å². The molecule has 1 heterocycles. The van der Waals surface area contributed by atoms with Gasteiger partial charge in [0.2, 0.25) is 0 Å². The van der Waals surface area contributed by atoms with E-state index in [0.29, 0.717) is 5.56 Å². The minimum Gasteiger partial charge on any atom is -0.449 e. The third-order valence-electron chi connectivity index (χ3n) is 3.50. The first-order valence-corrected chi connectivity index (χ1v) is 7.00. The van der Waals surface area contributed by atoms with Crippen molar-refractivity contribution in [2.45, 2.75) is 51.7 Å². The lowest BCUT2D eigenvalue weighted by Gasteiger charge is -2.17. The molecule has 1 aliphatic carbocycles. The molecule has 0 saturated heterocycles. The Labute approximate surface area is 118 Å². The second-order valence-corrected chi connectivity index (χ2v) is 5.23. The maximum Gasteiger partial charge on any atom is 0.340 e. The Morgan fingerprint density at radius 1 is 1.35 bits per heavy atom. The number of carbonyl (C=O) groups is 2. The number of ether oxygens (including phenoxy) is 1. The van der Waals surface area contributed by atoms with E-state index in [9.17, 15) is 9.59 Å². The minimum atomic E-state index is -0.788. The number of aromatic nitrogens is 1. The van der Waals surface area contributed by atoms with Crippen molar-refractivity contribution in [1.82, 2.24) is 10.3 Å². The molecule has 0 radical (unpaired) electrons. The van der Waals surface area contributed by atoms with Gasteiger partial charge in [-0.05, 0) is 38.8 Å². The van der Waals surface area contributed by atoms with E-state index in [2.05, 4.69) is 10.3 Å². The van der Waals surface area contributed by atoms with E-state index in [1.54, 1.807) is 19.1 Å². The number of rotatable bonds is 4. The van der Waals surface area contributed by atoms with Gasteiger partial charge in [0, 0.05) is 17.9 Å². The molecule has 2 rings (SSSR count). The summed E-state index contributed by atoms with van der Waals surface area (Å²) in [6.07, 6.45) is 4.98. The minimum absolute atomic E-state index is 0.227. The fraction of sp³-hybridized carbons (Fsp3) is 0.533. The number of aryl methyl sites for hydroxylation is 1. The summed E-state index contributed by atoms with van der Waals surface area (Å²) < 4.78 is 5.16. The van der Waals surface area contributed by atoms with Crippen LogP contribution in [0.2, 0.25) is 0 Å². The smallest absolute Gasteiger partial charge is 0.340 e. The Morgan fingerprint density at radius 3 is 2.65 bits per heavy atom. The van der Waals surface area contributed by atoms with Gasteiger partial charge in [0.1, 0.15) is 0 Å². The Balaban J connectivity index is 1.86. The Morgan fingerprint density at radius 2 is 2.05 bits per heavy atom. The molecule has 1 aromatic rings. The summed E-state index contributed by atoms with van der Waals surface area (Å²) in [6.45, 7) is 3.43. The molecule has 5 nitrogen and oxygen atoms in total. The molecule has 0 aliphatic heterocycles. The number of nitrogens with zero attached hydrogens (tertiary/aromatic N) is 1. The fourth-order valence-electron chi connectivity index (χ4n) is 2.26. The predicted octanol–water partition coefficient (Wildman–Crippen LogP) is 1.99. The van der Waals surface area contributed by atoms with Crippen LogP contribution in [0.1, 0.15) is 48.7 Å². The van der Waals surface area contributed by atoms with E-state index in [1.165, 1.54) is 6.20 Å². The Kier molecular flexibility index (Phi) is 4.71. The van der Waals surface area contributed by atoms with Crippen LogP contribution >= 0.6 is 0 Å². The van der Waals surface area contributed by atoms with Crippen LogP contribution in [0.15, 0.2) is 18.3 Å². The van der Waals surface area contributed by atoms with Crippen LogP contribution < -0.4 is 5.32 Å². The zero-order valence-electron chi connectivity index (χ0n) is 11.9. The van der Waals surface area contributed by atoms with Crippen LogP contribution in [-0.2, 0) is 9.53 Å². The van der Waals surface area contributed by atoms with Gasteiger partial charge >= 0.3 is 5.97 Å². The highest BCUT2D eigenvalue weighted by Crippen LogP contribution is 2.17. The van der Waals surface area contributed by atoms with Crippen LogP contribution in [0, 0.1) is 6.92 Å². The van der Waals surface area contributed by atoms with Crippen LogP contribution in [0.3, 0.4) is 0 Å². The molecule has 108 valence electrons. The first-order valence-electron chi connectivity index (χ1n) is 7.00. The van der Waals surface area contributed by atoms with Crippen molar-refractivity contribution in [2.75, 3.05) is 0 Å². The highest BCUT2D eigenvalue weighted by atomic mass is 16.5. The van der Waals surface area contributed by atoms with E-state index in [1.807, 2.05) is 6.92 Å². The molecule has 5 heteroatoms. The summed E-state index contributed by atoms with van der Waals surface area (Å²) in [5.74, 6) is -0.753. The summed E-state index contributed by atoms with van der Waals surface area (Å²) >= 11 is 0. The zero-order chi connectivity index (χ0) is 14.5. The maximum atomic E-state index is 11.9. The number of esters is 1. The molecule has 1 aromatic heterocycles. The number of hydrogen-bond acceptors (Lipinski definition) is 4. The van der Waals surface area contributed by atoms with Crippen LogP contribution in [0.25, 0.3) is 0 Å². The third kappa shape index (κ3) is 3.79. The highest BCUT2D eigenvalue weighted by Gasteiger charge is 2.23. The molecule has 1 N–H and O–H groups in total. The second kappa shape index (κ2) is 6.50. The number of carbonyl (C=O) groups excluding carboxylic acids is 2. The summed E-state index contributed by atoms with van der Waals surface area (Å²) in [5.41, 5.74) is 1.18. The lowest BCUT2D eigenvalue weighted by atomic mass is 10.2. The number of hydrogen-bond donors (Lipinski definition) is 1. The maximum absolute atomic E-state index is 11.9. The normalized spacial score (nSPS) is 16.7. The predicted molar refractivity (Wildman–Crippen MR) is 74.3 cm³/mol. The zero-order valence-corrected chi connectivity index (χ0v) is 11.9. The molecule has 0 aromatic carbocycles. The highest BCUT2D eigenvalue weighted by molar-refractivity contribution is 5.91. The van der Waals surface area contributed by atoms with Gasteiger partial charge in [0.05, 0.1) is 5.56 Å². The van der Waals surface area contributed by atoms with Crippen molar-refractivity contribution in [3.05, 3.63) is 29.6 Å². The van der Waals surface area contributed by atoms with Crippen molar-refractivity contribution in [3.8, 4) is 0 Å². The van der Waals surface area contributed by atoms with Crippen molar-refractivity contribution in [2.24, 2.45) is 0 Å². The van der Waals surface area contributed by atoms with Crippen molar-refractivity contribution in [3.63, 3.8) is 0 Å². The number of amides is 1. The molecular formula is C15H20N2O3. The second-order valence-electron chi connectivity index (χ2n) is 5.23. The summed E-state index contributed by atoms with van der Waals surface area (Å²) in [7, 11) is 0. The van der Waals surface area contributed by atoms with Gasteiger partial charge in [-0.1, -0.05) is 12.8 Å². The fourth-order valence-corrected chi connectivity index (χ4v) is 2.26. The summed E-state index contributed by atoms with van der Waals surface area (Å²) in [6, 6.07) is 3.61. The van der Waals surface area contributed by atoms with Gasteiger partial charge in [-0.3, -0.25) is 9.78 Å². The average molecular weight is 276 g/mol. The summed E-state index contributed by atoms with van der Waals surface area (Å²) in [5, 5.41) is 2.91. The average Bonchev–Trinajstić information content (AvgIpc) is 2.92. The van der Waals surface area contributed by atoms with E-state index >= 15 is 0 Å². The first kappa shape index (κ1) is 14.5. The molecule has 1 fully saturated rings. The quantitative estimate of drug-likeness (QED) is 0.854. The Bertz CT molecular complexity index is 478. The van der Waals surface area contributed by atoms with Crippen LogP contribution in [0.5, 0.6) is 0 Å². The van der Waals surface area contributed by atoms with E-state index in [-0.39, 0.29) is 11.9 Å². The topological polar surface area (TPSA) is 68.3 Å². The lowest BCUT2D eigenvalue weighted by molar-refractivity contribution is -0.129. The van der Waals surface area contributed by atoms with Gasteiger partial charge in [-0.15, -0.1) is 0 Å². The summed E-state index contributed by atoms with van der Waals surface area (Å²) in [4.78, 5) is 27.8. The van der Waals surface area contributed by atoms with Gasteiger partial charge in [0.25, 0.3) is 5.91 Å². The third-order valence-corrected chi connectivity index (χ3v) is 3.50. The van der Waals surface area contributed by atoms with Crippen molar-refractivity contribution in [1.29, 1.82) is 0 Å². The van der Waals surface area contributed by atoms with Crippen LogP contribution in [-0.4, -0.2) is 29.0 Å². The molecular weight excluding hydrogens is 256 g/mol. The van der Waals surface area contributed by atoms with E-state index in [4.69, 9.17) is 4.74 Å². The largest absolute Gasteiger partial charge is 0.449 e. The Hall–Kier alpha value is -1.91. The van der Waals surface area contributed by atoms with Gasteiger partial charge in [0.15, 0.2) is 6.10 Å². The number of pyridine rings is 1. The standard InChI is InChI=1S/C15H20N2O3/c1-10-7-8-12(9-16-10)15(19)20-11(2)14(18)17-13-5-3-4-6-13/h7-9,11,13H,3-6H2,1-2H3,(H,17,18)/t11-/m0/s1. The molecule has 1 amide bonds. The molecule has 0 spiro atoms. The first-order chi connectivity index (χ1) is 9.56.